The number of benzene rings is 1. The van der Waals surface area contributed by atoms with Crippen molar-refractivity contribution in [2.24, 2.45) is 0 Å². The smallest absolute Gasteiger partial charge is 0.0631 e. The summed E-state index contributed by atoms with van der Waals surface area (Å²) in [4.78, 5) is 0.867. The molecule has 1 aromatic rings. The minimum atomic E-state index is -0.987. The molecule has 0 aromatic heterocycles. The van der Waals surface area contributed by atoms with E-state index in [1.165, 1.54) is 0 Å². The van der Waals surface area contributed by atoms with Crippen molar-refractivity contribution >= 4 is 16.5 Å². The van der Waals surface area contributed by atoms with Gasteiger partial charge in [-0.15, -0.1) is 0 Å². The van der Waals surface area contributed by atoms with Gasteiger partial charge in [0.2, 0.25) is 0 Å². The average molecular weight is 255 g/mol. The molecule has 1 unspecified atom stereocenters. The molecule has 2 N–H and O–H groups in total. The Bertz CT molecular complexity index is 416. The van der Waals surface area contributed by atoms with Crippen LogP contribution in [0.2, 0.25) is 0 Å². The van der Waals surface area contributed by atoms with Gasteiger partial charge in [-0.1, -0.05) is 0 Å². The summed E-state index contributed by atoms with van der Waals surface area (Å²) in [6.45, 7) is 5.94. The second-order valence-electron chi connectivity index (χ2n) is 4.79. The molecule has 0 saturated carbocycles. The van der Waals surface area contributed by atoms with E-state index in [4.69, 9.17) is 10.5 Å². The van der Waals surface area contributed by atoms with E-state index in [0.29, 0.717) is 11.4 Å². The molecule has 17 heavy (non-hydrogen) atoms. The normalized spacial score (nSPS) is 13.6. The summed E-state index contributed by atoms with van der Waals surface area (Å²) in [5.74, 6) is 0.603. The van der Waals surface area contributed by atoms with Crippen LogP contribution in [-0.2, 0) is 15.5 Å². The SMILES string of the molecule is COC(C)(C)CCS(=O)c1ccc(N)cc1C. The fraction of sp³-hybridized carbons (Fsp3) is 0.538. The van der Waals surface area contributed by atoms with Crippen LogP contribution in [-0.4, -0.2) is 22.7 Å². The van der Waals surface area contributed by atoms with Gasteiger partial charge in [0.25, 0.3) is 0 Å². The van der Waals surface area contributed by atoms with Crippen LogP contribution >= 0.6 is 0 Å². The second-order valence-corrected chi connectivity index (χ2v) is 6.33. The van der Waals surface area contributed by atoms with Gasteiger partial charge < -0.3 is 10.5 Å². The van der Waals surface area contributed by atoms with Crippen LogP contribution in [0, 0.1) is 6.92 Å². The summed E-state index contributed by atoms with van der Waals surface area (Å²) in [5.41, 5.74) is 7.14. The van der Waals surface area contributed by atoms with Crippen LogP contribution in [0.25, 0.3) is 0 Å². The number of aryl methyl sites for hydroxylation is 1. The second kappa shape index (κ2) is 5.65. The summed E-state index contributed by atoms with van der Waals surface area (Å²) < 4.78 is 17.5. The summed E-state index contributed by atoms with van der Waals surface area (Å²) in [5, 5.41) is 0. The first kappa shape index (κ1) is 14.2. The number of nitrogen functional groups attached to an aromatic ring is 1. The summed E-state index contributed by atoms with van der Waals surface area (Å²) in [6, 6.07) is 5.50. The Morgan fingerprint density at radius 1 is 1.41 bits per heavy atom. The highest BCUT2D eigenvalue weighted by atomic mass is 32.2. The first-order chi connectivity index (χ1) is 7.85. The van der Waals surface area contributed by atoms with E-state index < -0.39 is 10.8 Å². The van der Waals surface area contributed by atoms with Crippen molar-refractivity contribution in [3.05, 3.63) is 23.8 Å². The van der Waals surface area contributed by atoms with E-state index in [1.807, 2.05) is 32.9 Å². The molecular formula is C13H21NO2S. The van der Waals surface area contributed by atoms with Crippen LogP contribution in [0.4, 0.5) is 5.69 Å². The van der Waals surface area contributed by atoms with Crippen LogP contribution in [0.1, 0.15) is 25.8 Å². The van der Waals surface area contributed by atoms with Gasteiger partial charge in [0.05, 0.1) is 16.4 Å². The quantitative estimate of drug-likeness (QED) is 0.822. The molecule has 0 radical (unpaired) electrons. The van der Waals surface area contributed by atoms with Crippen molar-refractivity contribution < 1.29 is 8.95 Å². The third-order valence-corrected chi connectivity index (χ3v) is 4.41. The summed E-state index contributed by atoms with van der Waals surface area (Å²) in [6.07, 6.45) is 0.764. The molecule has 1 atom stereocenters. The van der Waals surface area contributed by atoms with Gasteiger partial charge in [0.15, 0.2) is 0 Å². The number of anilines is 1. The van der Waals surface area contributed by atoms with Crippen LogP contribution in [0.3, 0.4) is 0 Å². The van der Waals surface area contributed by atoms with E-state index in [9.17, 15) is 4.21 Å². The zero-order chi connectivity index (χ0) is 13.1. The van der Waals surface area contributed by atoms with Gasteiger partial charge in [-0.3, -0.25) is 4.21 Å². The number of rotatable bonds is 5. The van der Waals surface area contributed by atoms with Crippen LogP contribution < -0.4 is 5.73 Å². The molecule has 1 rings (SSSR count). The minimum absolute atomic E-state index is 0.225. The molecule has 0 saturated heterocycles. The van der Waals surface area contributed by atoms with Crippen LogP contribution in [0.15, 0.2) is 23.1 Å². The lowest BCUT2D eigenvalue weighted by molar-refractivity contribution is 0.0205. The molecule has 0 bridgehead atoms. The fourth-order valence-electron chi connectivity index (χ4n) is 1.48. The minimum Gasteiger partial charge on any atom is -0.399 e. The first-order valence-corrected chi connectivity index (χ1v) is 6.97. The highest BCUT2D eigenvalue weighted by Gasteiger charge is 2.18. The molecule has 4 heteroatoms. The Kier molecular flexibility index (Phi) is 4.71. The number of methoxy groups -OCH3 is 1. The van der Waals surface area contributed by atoms with E-state index in [0.717, 1.165) is 16.9 Å². The van der Waals surface area contributed by atoms with Crippen molar-refractivity contribution in [3.63, 3.8) is 0 Å². The van der Waals surface area contributed by atoms with Gasteiger partial charge in [0, 0.05) is 23.4 Å². The fourth-order valence-corrected chi connectivity index (χ4v) is 3.01. The number of hydrogen-bond acceptors (Lipinski definition) is 3. The molecule has 0 spiro atoms. The maximum absolute atomic E-state index is 12.2. The molecule has 0 amide bonds. The number of nitrogens with two attached hydrogens (primary N) is 1. The van der Waals surface area contributed by atoms with E-state index in [-0.39, 0.29) is 5.60 Å². The Morgan fingerprint density at radius 2 is 2.06 bits per heavy atom. The molecule has 0 aliphatic carbocycles. The summed E-state index contributed by atoms with van der Waals surface area (Å²) >= 11 is 0. The van der Waals surface area contributed by atoms with Crippen molar-refractivity contribution in [2.45, 2.75) is 37.7 Å². The van der Waals surface area contributed by atoms with Gasteiger partial charge in [0.1, 0.15) is 0 Å². The molecule has 0 aliphatic heterocycles. The van der Waals surface area contributed by atoms with E-state index >= 15 is 0 Å². The van der Waals surface area contributed by atoms with Crippen molar-refractivity contribution in [1.29, 1.82) is 0 Å². The lowest BCUT2D eigenvalue weighted by atomic mass is 10.1. The Balaban J connectivity index is 2.71. The molecule has 0 fully saturated rings. The maximum atomic E-state index is 12.2. The number of ether oxygens (including phenoxy) is 1. The van der Waals surface area contributed by atoms with Gasteiger partial charge in [-0.2, -0.15) is 0 Å². The standard InChI is InChI=1S/C13H21NO2S/c1-10-9-11(14)5-6-12(10)17(15)8-7-13(2,3)16-4/h5-6,9H,7-8,14H2,1-4H3. The largest absolute Gasteiger partial charge is 0.399 e. The topological polar surface area (TPSA) is 52.3 Å². The molecule has 96 valence electrons. The first-order valence-electron chi connectivity index (χ1n) is 5.65. The van der Waals surface area contributed by atoms with Gasteiger partial charge in [-0.05, 0) is 51.0 Å². The Hall–Kier alpha value is -0.870. The lowest BCUT2D eigenvalue weighted by Crippen LogP contribution is -2.25. The highest BCUT2D eigenvalue weighted by Crippen LogP contribution is 2.20. The van der Waals surface area contributed by atoms with Crippen molar-refractivity contribution in [2.75, 3.05) is 18.6 Å². The monoisotopic (exact) mass is 255 g/mol. The molecule has 3 nitrogen and oxygen atoms in total. The lowest BCUT2D eigenvalue weighted by Gasteiger charge is -2.22. The third-order valence-electron chi connectivity index (χ3n) is 2.89. The van der Waals surface area contributed by atoms with Crippen molar-refractivity contribution in [1.82, 2.24) is 0 Å². The predicted octanol–water partition coefficient (Wildman–Crippen LogP) is 2.50. The van der Waals surface area contributed by atoms with E-state index in [2.05, 4.69) is 0 Å². The zero-order valence-electron chi connectivity index (χ0n) is 10.9. The number of hydrogen-bond donors (Lipinski definition) is 1. The summed E-state index contributed by atoms with van der Waals surface area (Å²) in [7, 11) is 0.691. The highest BCUT2D eigenvalue weighted by molar-refractivity contribution is 7.85. The maximum Gasteiger partial charge on any atom is 0.0631 e. The van der Waals surface area contributed by atoms with Crippen molar-refractivity contribution in [3.8, 4) is 0 Å². The molecule has 0 aliphatic rings. The Morgan fingerprint density at radius 3 is 2.59 bits per heavy atom. The molecule has 1 aromatic carbocycles. The average Bonchev–Trinajstić information content (AvgIpc) is 2.26. The van der Waals surface area contributed by atoms with E-state index in [1.54, 1.807) is 13.2 Å². The van der Waals surface area contributed by atoms with Crippen LogP contribution in [0.5, 0.6) is 0 Å². The molecular weight excluding hydrogens is 234 g/mol. The zero-order valence-corrected chi connectivity index (χ0v) is 11.8. The third kappa shape index (κ3) is 4.13. The molecule has 0 heterocycles. The van der Waals surface area contributed by atoms with Gasteiger partial charge in [-0.25, -0.2) is 0 Å². The van der Waals surface area contributed by atoms with Gasteiger partial charge >= 0.3 is 0 Å². The predicted molar refractivity (Wildman–Crippen MR) is 72.6 cm³/mol. The Labute approximate surface area is 106 Å².